The molecule has 2 heterocycles. The molecule has 1 amide bonds. The number of anilines is 1. The van der Waals surface area contributed by atoms with Crippen molar-refractivity contribution in [2.24, 2.45) is 0 Å². The van der Waals surface area contributed by atoms with Gasteiger partial charge in [0.2, 0.25) is 5.13 Å². The third-order valence-corrected chi connectivity index (χ3v) is 4.35. The molecular formula is C14H24N4O2S. The number of ether oxygens (including phenoxy) is 1. The fourth-order valence-electron chi connectivity index (χ4n) is 2.34. The van der Waals surface area contributed by atoms with Gasteiger partial charge < -0.3 is 14.5 Å². The van der Waals surface area contributed by atoms with Crippen LogP contribution in [-0.4, -0.2) is 52.1 Å². The van der Waals surface area contributed by atoms with Gasteiger partial charge in [-0.15, -0.1) is 0 Å². The summed E-state index contributed by atoms with van der Waals surface area (Å²) in [5, 5.41) is 0.978. The number of carbonyl (C=O) groups excluding carboxylic acids is 1. The van der Waals surface area contributed by atoms with Crippen LogP contribution in [0, 0.1) is 6.92 Å². The Hall–Kier alpha value is -1.37. The summed E-state index contributed by atoms with van der Waals surface area (Å²) in [6.07, 6.45) is 1.61. The van der Waals surface area contributed by atoms with Gasteiger partial charge in [0, 0.05) is 37.7 Å². The predicted molar refractivity (Wildman–Crippen MR) is 83.9 cm³/mol. The van der Waals surface area contributed by atoms with Gasteiger partial charge >= 0.3 is 6.09 Å². The highest BCUT2D eigenvalue weighted by Gasteiger charge is 2.29. The maximum absolute atomic E-state index is 12.1. The highest BCUT2D eigenvalue weighted by molar-refractivity contribution is 7.09. The fourth-order valence-corrected chi connectivity index (χ4v) is 3.07. The van der Waals surface area contributed by atoms with E-state index in [9.17, 15) is 4.79 Å². The second kappa shape index (κ2) is 6.17. The van der Waals surface area contributed by atoms with Crippen molar-refractivity contribution in [3.8, 4) is 0 Å². The first-order valence-corrected chi connectivity index (χ1v) is 8.04. The lowest BCUT2D eigenvalue weighted by molar-refractivity contribution is 0.0201. The number of aryl methyl sites for hydroxylation is 1. The minimum absolute atomic E-state index is 0.227. The van der Waals surface area contributed by atoms with E-state index in [1.165, 1.54) is 11.5 Å². The molecule has 0 unspecified atom stereocenters. The molecule has 0 saturated carbocycles. The molecule has 1 aliphatic heterocycles. The van der Waals surface area contributed by atoms with Crippen molar-refractivity contribution in [1.82, 2.24) is 14.3 Å². The minimum atomic E-state index is -0.448. The molecule has 0 spiro atoms. The Morgan fingerprint density at radius 1 is 1.38 bits per heavy atom. The quantitative estimate of drug-likeness (QED) is 0.840. The van der Waals surface area contributed by atoms with Crippen LogP contribution in [0.4, 0.5) is 9.93 Å². The predicted octanol–water partition coefficient (Wildman–Crippen LogP) is 2.68. The largest absolute Gasteiger partial charge is 0.444 e. The van der Waals surface area contributed by atoms with Crippen molar-refractivity contribution in [3.63, 3.8) is 0 Å². The monoisotopic (exact) mass is 312 g/mol. The number of amides is 1. The van der Waals surface area contributed by atoms with E-state index in [0.717, 1.165) is 36.9 Å². The lowest BCUT2D eigenvalue weighted by Gasteiger charge is -2.37. The Morgan fingerprint density at radius 2 is 2.00 bits per heavy atom. The maximum Gasteiger partial charge on any atom is 0.410 e. The first-order valence-electron chi connectivity index (χ1n) is 7.27. The molecule has 0 N–H and O–H groups in total. The molecule has 1 aliphatic rings. The van der Waals surface area contributed by atoms with Crippen molar-refractivity contribution in [2.75, 3.05) is 25.0 Å². The van der Waals surface area contributed by atoms with Crippen molar-refractivity contribution in [1.29, 1.82) is 0 Å². The molecule has 0 atom stereocenters. The lowest BCUT2D eigenvalue weighted by atomic mass is 10.0. The van der Waals surface area contributed by atoms with Crippen LogP contribution >= 0.6 is 11.5 Å². The molecule has 118 valence electrons. The van der Waals surface area contributed by atoms with E-state index in [2.05, 4.69) is 14.3 Å². The fraction of sp³-hybridized carbons (Fsp3) is 0.786. The van der Waals surface area contributed by atoms with Crippen LogP contribution in [0.25, 0.3) is 0 Å². The average molecular weight is 312 g/mol. The minimum Gasteiger partial charge on any atom is -0.444 e. The van der Waals surface area contributed by atoms with Gasteiger partial charge in [-0.1, -0.05) is 0 Å². The molecule has 0 aliphatic carbocycles. The molecule has 0 aromatic carbocycles. The van der Waals surface area contributed by atoms with E-state index in [0.29, 0.717) is 0 Å². The van der Waals surface area contributed by atoms with Gasteiger partial charge in [0.1, 0.15) is 11.4 Å². The maximum atomic E-state index is 12.1. The van der Waals surface area contributed by atoms with Crippen molar-refractivity contribution in [2.45, 2.75) is 52.2 Å². The van der Waals surface area contributed by atoms with E-state index >= 15 is 0 Å². The standard InChI is InChI=1S/C14H24N4O2S/c1-10-15-12(21-16-10)18-8-6-11(7-9-18)17(5)13(19)20-14(2,3)4/h11H,6-9H2,1-5H3. The number of hydrogen-bond acceptors (Lipinski definition) is 6. The SMILES string of the molecule is Cc1nsc(N2CCC(N(C)C(=O)OC(C)(C)C)CC2)n1. The number of rotatable bonds is 2. The summed E-state index contributed by atoms with van der Waals surface area (Å²) in [4.78, 5) is 20.5. The summed E-state index contributed by atoms with van der Waals surface area (Å²) in [7, 11) is 1.82. The summed E-state index contributed by atoms with van der Waals surface area (Å²) >= 11 is 1.44. The van der Waals surface area contributed by atoms with Gasteiger partial charge in [0.05, 0.1) is 0 Å². The van der Waals surface area contributed by atoms with Crippen molar-refractivity contribution < 1.29 is 9.53 Å². The smallest absolute Gasteiger partial charge is 0.410 e. The highest BCUT2D eigenvalue weighted by atomic mass is 32.1. The molecule has 0 radical (unpaired) electrons. The topological polar surface area (TPSA) is 58.6 Å². The Morgan fingerprint density at radius 3 is 2.48 bits per heavy atom. The van der Waals surface area contributed by atoms with Gasteiger partial charge in [-0.2, -0.15) is 4.37 Å². The van der Waals surface area contributed by atoms with Crippen LogP contribution in [0.2, 0.25) is 0 Å². The summed E-state index contributed by atoms with van der Waals surface area (Å²) in [6.45, 7) is 9.36. The van der Waals surface area contributed by atoms with E-state index in [-0.39, 0.29) is 12.1 Å². The van der Waals surface area contributed by atoms with Crippen LogP contribution in [0.3, 0.4) is 0 Å². The Labute approximate surface area is 130 Å². The van der Waals surface area contributed by atoms with E-state index in [1.54, 1.807) is 4.90 Å². The Bertz CT molecular complexity index is 489. The number of aromatic nitrogens is 2. The van der Waals surface area contributed by atoms with Crippen LogP contribution in [-0.2, 0) is 4.74 Å². The molecule has 21 heavy (non-hydrogen) atoms. The number of carbonyl (C=O) groups is 1. The molecular weight excluding hydrogens is 288 g/mol. The van der Waals surface area contributed by atoms with Gasteiger partial charge in [-0.05, 0) is 40.5 Å². The number of piperidine rings is 1. The van der Waals surface area contributed by atoms with Crippen LogP contribution in [0.1, 0.15) is 39.4 Å². The zero-order valence-corrected chi connectivity index (χ0v) is 14.2. The molecule has 1 aromatic rings. The molecule has 1 fully saturated rings. The molecule has 7 heteroatoms. The summed E-state index contributed by atoms with van der Waals surface area (Å²) in [5.74, 6) is 0.822. The summed E-state index contributed by atoms with van der Waals surface area (Å²) in [6, 6.07) is 0.227. The average Bonchev–Trinajstić information content (AvgIpc) is 2.83. The lowest BCUT2D eigenvalue weighted by Crippen LogP contribution is -2.47. The normalized spacial score (nSPS) is 16.9. The van der Waals surface area contributed by atoms with E-state index in [4.69, 9.17) is 4.74 Å². The van der Waals surface area contributed by atoms with Gasteiger partial charge in [-0.3, -0.25) is 0 Å². The highest BCUT2D eigenvalue weighted by Crippen LogP contribution is 2.24. The van der Waals surface area contributed by atoms with Crippen molar-refractivity contribution >= 4 is 22.8 Å². The van der Waals surface area contributed by atoms with Gasteiger partial charge in [0.25, 0.3) is 0 Å². The second-order valence-electron chi connectivity index (χ2n) is 6.43. The summed E-state index contributed by atoms with van der Waals surface area (Å²) < 4.78 is 9.64. The van der Waals surface area contributed by atoms with E-state index in [1.807, 2.05) is 34.7 Å². The first kappa shape index (κ1) is 16.0. The second-order valence-corrected chi connectivity index (χ2v) is 7.16. The number of nitrogens with zero attached hydrogens (tertiary/aromatic N) is 4. The Kier molecular flexibility index (Phi) is 4.70. The zero-order chi connectivity index (χ0) is 15.6. The first-order chi connectivity index (χ1) is 9.76. The van der Waals surface area contributed by atoms with E-state index < -0.39 is 5.60 Å². The van der Waals surface area contributed by atoms with Crippen LogP contribution in [0.5, 0.6) is 0 Å². The third kappa shape index (κ3) is 4.30. The molecule has 0 bridgehead atoms. The van der Waals surface area contributed by atoms with Crippen molar-refractivity contribution in [3.05, 3.63) is 5.82 Å². The number of hydrogen-bond donors (Lipinski definition) is 0. The molecule has 1 aromatic heterocycles. The van der Waals surface area contributed by atoms with Crippen LogP contribution < -0.4 is 4.90 Å². The third-order valence-electron chi connectivity index (χ3n) is 3.48. The molecule has 1 saturated heterocycles. The van der Waals surface area contributed by atoms with Gasteiger partial charge in [-0.25, -0.2) is 9.78 Å². The van der Waals surface area contributed by atoms with Crippen LogP contribution in [0.15, 0.2) is 0 Å². The summed E-state index contributed by atoms with van der Waals surface area (Å²) in [5.41, 5.74) is -0.448. The van der Waals surface area contributed by atoms with Gasteiger partial charge in [0.15, 0.2) is 0 Å². The molecule has 2 rings (SSSR count). The molecule has 6 nitrogen and oxygen atoms in total. The Balaban J connectivity index is 1.87. The zero-order valence-electron chi connectivity index (χ0n) is 13.4.